The lowest BCUT2D eigenvalue weighted by molar-refractivity contribution is 0.670. The van der Waals surface area contributed by atoms with Gasteiger partial charge in [-0.3, -0.25) is 0 Å². The molecule has 0 saturated heterocycles. The second kappa shape index (κ2) is 10.4. The van der Waals surface area contributed by atoms with E-state index in [-0.39, 0.29) is 56.8 Å². The molecule has 0 aliphatic rings. The summed E-state index contributed by atoms with van der Waals surface area (Å²) in [6, 6.07) is 12.5. The van der Waals surface area contributed by atoms with E-state index in [4.69, 9.17) is 22.2 Å². The predicted molar refractivity (Wildman–Crippen MR) is 190 cm³/mol. The topological polar surface area (TPSA) is 13.1 Å². The molecule has 210 valence electrons. The average Bonchev–Trinajstić information content (AvgIpc) is 3.67. The first-order chi connectivity index (χ1) is 29.0. The smallest absolute Gasteiger partial charge is 0.143 e. The van der Waals surface area contributed by atoms with Crippen LogP contribution in [0.4, 0.5) is 0 Å². The van der Waals surface area contributed by atoms with Crippen LogP contribution in [0.25, 0.3) is 88.0 Å². The molecule has 1 heterocycles. The van der Waals surface area contributed by atoms with E-state index in [0.717, 1.165) is 0 Å². The fourth-order valence-corrected chi connectivity index (χ4v) is 6.09. The van der Waals surface area contributed by atoms with Gasteiger partial charge in [0.05, 0.1) is 21.9 Å². The van der Waals surface area contributed by atoms with Crippen LogP contribution in [0.15, 0.2) is 174 Å². The molecule has 1 aromatic heterocycles. The van der Waals surface area contributed by atoms with E-state index in [1.165, 1.54) is 0 Å². The zero-order valence-electron chi connectivity index (χ0n) is 39.3. The first-order valence-electron chi connectivity index (χ1n) is 22.1. The molecule has 9 rings (SSSR count). The second-order valence-electron chi connectivity index (χ2n) is 10.4. The summed E-state index contributed by atoms with van der Waals surface area (Å²) in [6.07, 6.45) is 0. The third-order valence-electron chi connectivity index (χ3n) is 7.96. The van der Waals surface area contributed by atoms with Crippen molar-refractivity contribution in [3.05, 3.63) is 169 Å². The van der Waals surface area contributed by atoms with Crippen LogP contribution in [0.3, 0.4) is 0 Å². The number of rotatable bonds is 4. The summed E-state index contributed by atoms with van der Waals surface area (Å²) in [4.78, 5) is 0. The van der Waals surface area contributed by atoms with Gasteiger partial charge in [0.15, 0.2) is 0 Å². The van der Waals surface area contributed by atoms with Crippen molar-refractivity contribution in [1.82, 2.24) is 0 Å². The summed E-state index contributed by atoms with van der Waals surface area (Å²) >= 11 is 0. The van der Waals surface area contributed by atoms with Gasteiger partial charge < -0.3 is 4.42 Å². The molecule has 0 fully saturated rings. The summed E-state index contributed by atoms with van der Waals surface area (Å²) in [7, 11) is 0. The van der Waals surface area contributed by atoms with Crippen molar-refractivity contribution in [2.75, 3.05) is 0 Å². The Balaban J connectivity index is 1.42. The SMILES string of the molecule is [2H]c1c([2H])c([2H])c(-c2ccccc2-c2c3ccccc3c(-c3c([2H])c([2H])c4oc5c(-c6c([2H])c([2H])c([2H])c([2H])c6[2H])c([2H])c([2H])c([2H])c5c4c3[2H])c3ccccc23)c([2H])c1[2H]. The van der Waals surface area contributed by atoms with E-state index in [1.807, 2.05) is 12.1 Å². The highest BCUT2D eigenvalue weighted by Gasteiger charge is 2.20. The van der Waals surface area contributed by atoms with Gasteiger partial charge in [0.1, 0.15) is 11.2 Å². The van der Waals surface area contributed by atoms with Gasteiger partial charge in [-0.25, -0.2) is 0 Å². The monoisotopic (exact) mass is 588 g/mol. The van der Waals surface area contributed by atoms with Crippen molar-refractivity contribution in [3.63, 3.8) is 0 Å². The molecule has 8 aromatic carbocycles. The van der Waals surface area contributed by atoms with Crippen LogP contribution in [0.1, 0.15) is 21.9 Å². The number of hydrogen-bond donors (Lipinski definition) is 0. The fraction of sp³-hybridized carbons (Fsp3) is 0. The highest BCUT2D eigenvalue weighted by molar-refractivity contribution is 6.23. The molecule has 0 aliphatic heterocycles. The standard InChI is InChI=1S/C44H28O/c1-3-14-29(15-4-1)32-18-7-8-19-34(32)43-37-22-11-9-20-35(37)42(36-21-10-12-23-38(36)43)31-26-27-41-40(28-31)39-25-13-24-33(44(39)45-41)30-16-5-2-6-17-30/h1-28H/i1D,2D,3D,4D,5D,6D,13D,14D,15D,16D,17D,24D,25D,26D,27D,28D. The summed E-state index contributed by atoms with van der Waals surface area (Å²) in [6.45, 7) is 0. The van der Waals surface area contributed by atoms with E-state index >= 15 is 0 Å². The Morgan fingerprint density at radius 2 is 0.933 bits per heavy atom. The number of para-hydroxylation sites is 1. The molecule has 1 heteroatoms. The van der Waals surface area contributed by atoms with E-state index < -0.39 is 84.1 Å². The molecule has 0 atom stereocenters. The highest BCUT2D eigenvalue weighted by Crippen LogP contribution is 2.47. The molecule has 0 saturated carbocycles. The fourth-order valence-electron chi connectivity index (χ4n) is 6.09. The lowest BCUT2D eigenvalue weighted by Gasteiger charge is -2.19. The van der Waals surface area contributed by atoms with Crippen LogP contribution >= 0.6 is 0 Å². The largest absolute Gasteiger partial charge is 0.455 e. The molecule has 0 spiro atoms. The molecular formula is C44H28O. The minimum absolute atomic E-state index is 0.00985. The van der Waals surface area contributed by atoms with Crippen molar-refractivity contribution < 1.29 is 26.3 Å². The molecule has 0 amide bonds. The van der Waals surface area contributed by atoms with Crippen LogP contribution in [0.2, 0.25) is 0 Å². The van der Waals surface area contributed by atoms with Crippen LogP contribution < -0.4 is 0 Å². The third-order valence-corrected chi connectivity index (χ3v) is 7.96. The van der Waals surface area contributed by atoms with E-state index in [2.05, 4.69) is 0 Å². The Bertz CT molecular complexity index is 3330. The molecule has 0 aliphatic carbocycles. The quantitative estimate of drug-likeness (QED) is 0.186. The Kier molecular flexibility index (Phi) is 3.28. The maximum atomic E-state index is 9.80. The summed E-state index contributed by atoms with van der Waals surface area (Å²) in [5.74, 6) is 0. The van der Waals surface area contributed by atoms with Gasteiger partial charge in [-0.05, 0) is 72.6 Å². The van der Waals surface area contributed by atoms with Gasteiger partial charge in [-0.2, -0.15) is 0 Å². The van der Waals surface area contributed by atoms with Gasteiger partial charge in [-0.15, -0.1) is 0 Å². The average molecular weight is 589 g/mol. The van der Waals surface area contributed by atoms with Crippen LogP contribution in [0.5, 0.6) is 0 Å². The normalized spacial score (nSPS) is 16.5. The molecule has 1 nitrogen and oxygen atoms in total. The zero-order valence-corrected chi connectivity index (χ0v) is 23.3. The second-order valence-corrected chi connectivity index (χ2v) is 10.4. The maximum absolute atomic E-state index is 9.80. The highest BCUT2D eigenvalue weighted by atomic mass is 16.3. The summed E-state index contributed by atoms with van der Waals surface area (Å²) < 4.78 is 146. The van der Waals surface area contributed by atoms with Crippen molar-refractivity contribution in [3.8, 4) is 44.5 Å². The number of benzene rings is 8. The summed E-state index contributed by atoms with van der Waals surface area (Å²) in [5, 5.41) is 1.94. The predicted octanol–water partition coefficient (Wildman–Crippen LogP) is 12.6. The van der Waals surface area contributed by atoms with Gasteiger partial charge in [0, 0.05) is 16.3 Å². The van der Waals surface area contributed by atoms with Crippen molar-refractivity contribution >= 4 is 43.5 Å². The first kappa shape index (κ1) is 14.2. The van der Waals surface area contributed by atoms with Crippen LogP contribution in [-0.2, 0) is 0 Å². The molecule has 0 bridgehead atoms. The van der Waals surface area contributed by atoms with Gasteiger partial charge in [0.2, 0.25) is 0 Å². The van der Waals surface area contributed by atoms with E-state index in [9.17, 15) is 4.11 Å². The Morgan fingerprint density at radius 3 is 1.58 bits per heavy atom. The molecule has 0 unspecified atom stereocenters. The Morgan fingerprint density at radius 1 is 0.378 bits per heavy atom. The van der Waals surface area contributed by atoms with Crippen molar-refractivity contribution in [2.24, 2.45) is 0 Å². The van der Waals surface area contributed by atoms with Crippen molar-refractivity contribution in [2.45, 2.75) is 0 Å². The Labute approximate surface area is 284 Å². The summed E-state index contributed by atoms with van der Waals surface area (Å²) in [5.41, 5.74) is 0.421. The molecule has 0 N–H and O–H groups in total. The lowest BCUT2D eigenvalue weighted by atomic mass is 9.83. The van der Waals surface area contributed by atoms with Gasteiger partial charge in [-0.1, -0.05) is 157 Å². The maximum Gasteiger partial charge on any atom is 0.143 e. The molecule has 0 radical (unpaired) electrons. The Hall–Kier alpha value is -5.92. The van der Waals surface area contributed by atoms with Gasteiger partial charge in [0.25, 0.3) is 0 Å². The molecule has 45 heavy (non-hydrogen) atoms. The minimum atomic E-state index is -0.697. The van der Waals surface area contributed by atoms with Crippen molar-refractivity contribution in [1.29, 1.82) is 0 Å². The van der Waals surface area contributed by atoms with Gasteiger partial charge >= 0.3 is 0 Å². The third kappa shape index (κ3) is 4.09. The van der Waals surface area contributed by atoms with E-state index in [0.29, 0.717) is 43.8 Å². The molecular weight excluding hydrogens is 544 g/mol. The van der Waals surface area contributed by atoms with E-state index in [1.54, 1.807) is 60.7 Å². The molecule has 9 aromatic rings. The van der Waals surface area contributed by atoms with Crippen LogP contribution in [0, 0.1) is 0 Å². The first-order valence-corrected chi connectivity index (χ1v) is 14.1. The van der Waals surface area contributed by atoms with Crippen LogP contribution in [-0.4, -0.2) is 0 Å². The number of furan rings is 1. The number of fused-ring (bicyclic) bond motifs is 5. The number of hydrogen-bond acceptors (Lipinski definition) is 1. The minimum Gasteiger partial charge on any atom is -0.455 e. The zero-order chi connectivity index (χ0) is 43.7. The lowest BCUT2D eigenvalue weighted by Crippen LogP contribution is -1.92.